The lowest BCUT2D eigenvalue weighted by Crippen LogP contribution is -2.35. The molecule has 11 nitrogen and oxygen atoms in total. The maximum atomic E-state index is 14.9. The molecule has 3 aromatic rings. The number of esters is 1. The van der Waals surface area contributed by atoms with Crippen LogP contribution in [0.25, 0.3) is 0 Å². The van der Waals surface area contributed by atoms with E-state index in [1.807, 2.05) is 6.08 Å². The van der Waals surface area contributed by atoms with Gasteiger partial charge >= 0.3 is 13.8 Å². The molecule has 4 rings (SSSR count). The number of hydrogen-bond acceptors (Lipinski definition) is 11. The Balaban J connectivity index is 1.67. The summed E-state index contributed by atoms with van der Waals surface area (Å²) in [6.07, 6.45) is 4.53. The normalized spacial score (nSPS) is 16.1. The van der Waals surface area contributed by atoms with Crippen LogP contribution in [-0.4, -0.2) is 49.7 Å². The SMILES string of the molecule is C=CCC=CC=C(C)COP(=O)(OCc1ccccc1)OC(CO)C1OC(=O)C(OCc2cc(F)c(OCC)c(Cl)c2)=C1OCc1cc(F)c(OCC)c(Cl)c1. The molecule has 0 saturated heterocycles. The van der Waals surface area contributed by atoms with E-state index in [9.17, 15) is 23.2 Å². The van der Waals surface area contributed by atoms with Gasteiger partial charge in [-0.2, -0.15) is 0 Å². The van der Waals surface area contributed by atoms with E-state index >= 15 is 0 Å². The molecule has 0 radical (unpaired) electrons. The van der Waals surface area contributed by atoms with Crippen LogP contribution in [0.1, 0.15) is 43.9 Å². The zero-order chi connectivity index (χ0) is 40.7. The van der Waals surface area contributed by atoms with Crippen LogP contribution in [0.3, 0.4) is 0 Å². The van der Waals surface area contributed by atoms with E-state index in [1.165, 1.54) is 12.1 Å². The second kappa shape index (κ2) is 21.9. The lowest BCUT2D eigenvalue weighted by molar-refractivity contribution is -0.148. The molecule has 3 aromatic carbocycles. The van der Waals surface area contributed by atoms with Crippen molar-refractivity contribution in [1.29, 1.82) is 0 Å². The highest BCUT2D eigenvalue weighted by atomic mass is 35.5. The summed E-state index contributed by atoms with van der Waals surface area (Å²) in [5, 5.41) is 10.5. The van der Waals surface area contributed by atoms with Gasteiger partial charge in [0.1, 0.15) is 19.3 Å². The predicted molar refractivity (Wildman–Crippen MR) is 206 cm³/mol. The van der Waals surface area contributed by atoms with E-state index in [-0.39, 0.29) is 64.9 Å². The Bertz CT molecular complexity index is 1910. The maximum Gasteiger partial charge on any atom is 0.475 e. The molecule has 0 aliphatic carbocycles. The summed E-state index contributed by atoms with van der Waals surface area (Å²) < 4.78 is 89.2. The molecule has 0 amide bonds. The largest absolute Gasteiger partial charge is 0.489 e. The van der Waals surface area contributed by atoms with Gasteiger partial charge in [-0.1, -0.05) is 77.8 Å². The number of phosphoric ester groups is 1. The summed E-state index contributed by atoms with van der Waals surface area (Å²) in [4.78, 5) is 13.4. The van der Waals surface area contributed by atoms with Gasteiger partial charge in [0.15, 0.2) is 35.0 Å². The fraction of sp³-hybridized carbons (Fsp3) is 0.325. The van der Waals surface area contributed by atoms with Gasteiger partial charge < -0.3 is 28.8 Å². The second-order valence-corrected chi connectivity index (χ2v) is 14.4. The summed E-state index contributed by atoms with van der Waals surface area (Å²) in [6, 6.07) is 13.8. The number of allylic oxidation sites excluding steroid dienone is 4. The van der Waals surface area contributed by atoms with Crippen molar-refractivity contribution in [2.45, 2.75) is 59.2 Å². The van der Waals surface area contributed by atoms with Crippen LogP contribution < -0.4 is 9.47 Å². The van der Waals surface area contributed by atoms with Crippen molar-refractivity contribution in [3.63, 3.8) is 0 Å². The van der Waals surface area contributed by atoms with Crippen molar-refractivity contribution in [3.8, 4) is 11.5 Å². The molecule has 302 valence electrons. The summed E-state index contributed by atoms with van der Waals surface area (Å²) in [5.74, 6) is -3.71. The molecule has 0 bridgehead atoms. The van der Waals surface area contributed by atoms with Crippen LogP contribution in [0.4, 0.5) is 8.78 Å². The second-order valence-electron chi connectivity index (χ2n) is 12.0. The van der Waals surface area contributed by atoms with Crippen molar-refractivity contribution < 1.29 is 60.5 Å². The minimum atomic E-state index is -4.56. The van der Waals surface area contributed by atoms with Crippen LogP contribution in [0, 0.1) is 11.6 Å². The van der Waals surface area contributed by atoms with Crippen LogP contribution in [-0.2, 0) is 57.0 Å². The quantitative estimate of drug-likeness (QED) is 0.0424. The molecule has 0 fully saturated rings. The number of aliphatic hydroxyl groups is 1. The zero-order valence-electron chi connectivity index (χ0n) is 31.0. The Morgan fingerprint density at radius 2 is 1.52 bits per heavy atom. The van der Waals surface area contributed by atoms with Gasteiger partial charge in [-0.25, -0.2) is 18.1 Å². The van der Waals surface area contributed by atoms with E-state index in [0.29, 0.717) is 17.6 Å². The smallest absolute Gasteiger partial charge is 0.475 e. The third kappa shape index (κ3) is 12.7. The zero-order valence-corrected chi connectivity index (χ0v) is 33.4. The highest BCUT2D eigenvalue weighted by Gasteiger charge is 2.46. The summed E-state index contributed by atoms with van der Waals surface area (Å²) in [5.41, 5.74) is 1.72. The van der Waals surface area contributed by atoms with Gasteiger partial charge in [-0.05, 0) is 73.7 Å². The first kappa shape index (κ1) is 44.5. The van der Waals surface area contributed by atoms with Gasteiger partial charge in [0, 0.05) is 0 Å². The molecule has 0 spiro atoms. The molecular formula is C40H43Cl2F2O11P. The van der Waals surface area contributed by atoms with Crippen LogP contribution in [0.15, 0.2) is 103 Å². The molecule has 56 heavy (non-hydrogen) atoms. The molecule has 0 aromatic heterocycles. The minimum Gasteiger partial charge on any atom is -0.489 e. The number of carbonyl (C=O) groups excluding carboxylic acids is 1. The van der Waals surface area contributed by atoms with Crippen LogP contribution >= 0.6 is 31.0 Å². The fourth-order valence-corrected chi connectivity index (χ4v) is 7.00. The maximum absolute atomic E-state index is 14.9. The molecule has 16 heteroatoms. The highest BCUT2D eigenvalue weighted by molar-refractivity contribution is 7.48. The Morgan fingerprint density at radius 3 is 2.07 bits per heavy atom. The first-order valence-electron chi connectivity index (χ1n) is 17.5. The fourth-order valence-electron chi connectivity index (χ4n) is 5.06. The van der Waals surface area contributed by atoms with Crippen LogP contribution in [0.2, 0.25) is 10.0 Å². The molecule has 1 heterocycles. The standard InChI is InChI=1S/C40H43Cl2F2O11P/c1-5-8-9-11-14-26(4)22-52-56(47,53-25-27-15-12-10-13-16-27)55-34(21-45)37-38(50-23-28-17-30(41)35(48-6-2)32(43)19-28)39(40(46)54-37)51-24-29-18-31(42)36(49-7-3)33(44)20-29/h5,9-20,34,37,45H,1,6-8,21-25H2,2-4H3. The topological polar surface area (TPSA) is 128 Å². The number of hydrogen-bond donors (Lipinski definition) is 1. The number of aliphatic hydroxyl groups excluding tert-OH is 1. The number of benzene rings is 3. The number of rotatable bonds is 23. The van der Waals surface area contributed by atoms with Crippen LogP contribution in [0.5, 0.6) is 11.5 Å². The Labute approximate surface area is 334 Å². The number of ether oxygens (including phenoxy) is 5. The van der Waals surface area contributed by atoms with Crippen molar-refractivity contribution >= 4 is 37.0 Å². The lowest BCUT2D eigenvalue weighted by atomic mass is 10.1. The monoisotopic (exact) mass is 838 g/mol. The van der Waals surface area contributed by atoms with Crippen molar-refractivity contribution in [2.24, 2.45) is 0 Å². The van der Waals surface area contributed by atoms with Gasteiger partial charge in [0.25, 0.3) is 0 Å². The van der Waals surface area contributed by atoms with E-state index in [0.717, 1.165) is 12.1 Å². The summed E-state index contributed by atoms with van der Waals surface area (Å²) >= 11 is 12.5. The average Bonchev–Trinajstić information content (AvgIpc) is 3.49. The summed E-state index contributed by atoms with van der Waals surface area (Å²) in [6.45, 7) is 6.98. The van der Waals surface area contributed by atoms with Gasteiger partial charge in [-0.15, -0.1) is 6.58 Å². The third-order valence-electron chi connectivity index (χ3n) is 7.66. The minimum absolute atomic E-state index is 0.0324. The number of carbonyl (C=O) groups is 1. The van der Waals surface area contributed by atoms with Gasteiger partial charge in [-0.3, -0.25) is 13.6 Å². The van der Waals surface area contributed by atoms with E-state index in [4.69, 9.17) is 60.5 Å². The average molecular weight is 840 g/mol. The molecule has 1 aliphatic rings. The highest BCUT2D eigenvalue weighted by Crippen LogP contribution is 2.53. The third-order valence-corrected chi connectivity index (χ3v) is 9.64. The van der Waals surface area contributed by atoms with Crippen molar-refractivity contribution in [3.05, 3.63) is 141 Å². The van der Waals surface area contributed by atoms with Crippen molar-refractivity contribution in [1.82, 2.24) is 0 Å². The molecular weight excluding hydrogens is 796 g/mol. The predicted octanol–water partition coefficient (Wildman–Crippen LogP) is 9.74. The molecule has 1 aliphatic heterocycles. The van der Waals surface area contributed by atoms with Crippen molar-refractivity contribution in [2.75, 3.05) is 26.4 Å². The van der Waals surface area contributed by atoms with Gasteiger partial charge in [0.05, 0.1) is 43.1 Å². The number of halogens is 4. The van der Waals surface area contributed by atoms with E-state index in [2.05, 4.69) is 6.58 Å². The molecule has 1 N–H and O–H groups in total. The number of phosphoric acid groups is 1. The number of cyclic esters (lactones) is 1. The first-order valence-corrected chi connectivity index (χ1v) is 19.7. The molecule has 3 unspecified atom stereocenters. The lowest BCUT2D eigenvalue weighted by Gasteiger charge is -2.27. The molecule has 3 atom stereocenters. The van der Waals surface area contributed by atoms with E-state index in [1.54, 1.807) is 69.3 Å². The Morgan fingerprint density at radius 1 is 0.911 bits per heavy atom. The van der Waals surface area contributed by atoms with Gasteiger partial charge in [0.2, 0.25) is 5.76 Å². The Hall–Kier alpha value is -4.20. The first-order chi connectivity index (χ1) is 26.9. The summed E-state index contributed by atoms with van der Waals surface area (Å²) in [7, 11) is -4.56. The van der Waals surface area contributed by atoms with E-state index < -0.39 is 63.2 Å². The Kier molecular flexibility index (Phi) is 17.4. The molecule has 0 saturated carbocycles.